The SMILES string of the molecule is Cc1nc(N)nc(C)c1CC(=O)N(C)CC1CCN(c2ccccc2)C1. The molecule has 0 saturated carbocycles. The minimum atomic E-state index is 0.0998. The highest BCUT2D eigenvalue weighted by molar-refractivity contribution is 5.79. The molecule has 2 N–H and O–H groups in total. The second kappa shape index (κ2) is 7.72. The molecule has 1 aliphatic heterocycles. The van der Waals surface area contributed by atoms with Crippen molar-refractivity contribution in [1.29, 1.82) is 0 Å². The lowest BCUT2D eigenvalue weighted by Crippen LogP contribution is -2.34. The van der Waals surface area contributed by atoms with E-state index in [1.54, 1.807) is 0 Å². The maximum absolute atomic E-state index is 12.7. The lowest BCUT2D eigenvalue weighted by atomic mass is 10.1. The molecule has 1 aliphatic rings. The lowest BCUT2D eigenvalue weighted by molar-refractivity contribution is -0.129. The van der Waals surface area contributed by atoms with Gasteiger partial charge in [0, 0.05) is 49.3 Å². The van der Waals surface area contributed by atoms with Crippen LogP contribution in [0.1, 0.15) is 23.4 Å². The molecule has 0 aliphatic carbocycles. The summed E-state index contributed by atoms with van der Waals surface area (Å²) >= 11 is 0. The lowest BCUT2D eigenvalue weighted by Gasteiger charge is -2.23. The van der Waals surface area contributed by atoms with Gasteiger partial charge in [-0.05, 0) is 38.3 Å². The number of nitrogen functional groups attached to an aromatic ring is 1. The molecule has 3 rings (SSSR count). The van der Waals surface area contributed by atoms with Crippen molar-refractivity contribution in [3.05, 3.63) is 47.3 Å². The zero-order valence-corrected chi connectivity index (χ0v) is 15.8. The van der Waals surface area contributed by atoms with E-state index in [1.165, 1.54) is 5.69 Å². The van der Waals surface area contributed by atoms with Crippen molar-refractivity contribution >= 4 is 17.5 Å². The summed E-state index contributed by atoms with van der Waals surface area (Å²) in [4.78, 5) is 25.3. The van der Waals surface area contributed by atoms with Crippen LogP contribution in [0.15, 0.2) is 30.3 Å². The first-order valence-corrected chi connectivity index (χ1v) is 9.07. The van der Waals surface area contributed by atoms with Gasteiger partial charge >= 0.3 is 0 Å². The molecule has 2 aromatic rings. The Balaban J connectivity index is 1.57. The number of hydrogen-bond acceptors (Lipinski definition) is 5. The van der Waals surface area contributed by atoms with E-state index in [9.17, 15) is 4.79 Å². The van der Waals surface area contributed by atoms with Gasteiger partial charge in [0.15, 0.2) is 0 Å². The van der Waals surface area contributed by atoms with Gasteiger partial charge in [0.05, 0.1) is 6.42 Å². The Hall–Kier alpha value is -2.63. The highest BCUT2D eigenvalue weighted by atomic mass is 16.2. The molecule has 1 aromatic heterocycles. The Bertz CT molecular complexity index is 754. The van der Waals surface area contributed by atoms with E-state index in [1.807, 2.05) is 31.9 Å². The highest BCUT2D eigenvalue weighted by Gasteiger charge is 2.25. The summed E-state index contributed by atoms with van der Waals surface area (Å²) in [5, 5.41) is 0. The molecule has 0 radical (unpaired) electrons. The van der Waals surface area contributed by atoms with Crippen LogP contribution in [0.4, 0.5) is 11.6 Å². The van der Waals surface area contributed by atoms with Gasteiger partial charge in [-0.3, -0.25) is 4.79 Å². The molecule has 1 saturated heterocycles. The Morgan fingerprint density at radius 2 is 1.88 bits per heavy atom. The quantitative estimate of drug-likeness (QED) is 0.892. The smallest absolute Gasteiger partial charge is 0.226 e. The van der Waals surface area contributed by atoms with Crippen molar-refractivity contribution in [2.24, 2.45) is 5.92 Å². The number of aryl methyl sites for hydroxylation is 2. The molecule has 1 amide bonds. The summed E-state index contributed by atoms with van der Waals surface area (Å²) in [6, 6.07) is 10.5. The van der Waals surface area contributed by atoms with Gasteiger partial charge in [-0.1, -0.05) is 18.2 Å². The van der Waals surface area contributed by atoms with E-state index in [0.717, 1.165) is 43.0 Å². The van der Waals surface area contributed by atoms with Crippen LogP contribution in [0.2, 0.25) is 0 Å². The van der Waals surface area contributed by atoms with Gasteiger partial charge in [-0.2, -0.15) is 0 Å². The predicted molar refractivity (Wildman–Crippen MR) is 104 cm³/mol. The van der Waals surface area contributed by atoms with E-state index >= 15 is 0 Å². The molecule has 6 heteroatoms. The fraction of sp³-hybridized carbons (Fsp3) is 0.450. The number of anilines is 2. The van der Waals surface area contributed by atoms with Gasteiger partial charge in [-0.15, -0.1) is 0 Å². The zero-order valence-electron chi connectivity index (χ0n) is 15.8. The topological polar surface area (TPSA) is 75.3 Å². The van der Waals surface area contributed by atoms with Gasteiger partial charge in [0.1, 0.15) is 0 Å². The fourth-order valence-corrected chi connectivity index (χ4v) is 3.65. The van der Waals surface area contributed by atoms with Crippen LogP contribution in [0.5, 0.6) is 0 Å². The van der Waals surface area contributed by atoms with Crippen LogP contribution in [-0.2, 0) is 11.2 Å². The van der Waals surface area contributed by atoms with E-state index in [4.69, 9.17) is 5.73 Å². The van der Waals surface area contributed by atoms with Crippen molar-refractivity contribution in [2.45, 2.75) is 26.7 Å². The first-order chi connectivity index (χ1) is 12.4. The Morgan fingerprint density at radius 3 is 2.54 bits per heavy atom. The second-order valence-electron chi connectivity index (χ2n) is 7.12. The third kappa shape index (κ3) is 4.12. The number of carbonyl (C=O) groups is 1. The van der Waals surface area contributed by atoms with Crippen LogP contribution in [0.25, 0.3) is 0 Å². The highest BCUT2D eigenvalue weighted by Crippen LogP contribution is 2.24. The Labute approximate surface area is 155 Å². The van der Waals surface area contributed by atoms with E-state index in [-0.39, 0.29) is 11.9 Å². The summed E-state index contributed by atoms with van der Waals surface area (Å²) in [7, 11) is 1.89. The van der Waals surface area contributed by atoms with Gasteiger partial charge in [0.25, 0.3) is 0 Å². The molecule has 0 bridgehead atoms. The average molecular weight is 353 g/mol. The molecular formula is C20H27N5O. The van der Waals surface area contributed by atoms with Crippen LogP contribution < -0.4 is 10.6 Å². The van der Waals surface area contributed by atoms with Crippen molar-refractivity contribution in [1.82, 2.24) is 14.9 Å². The van der Waals surface area contributed by atoms with Crippen LogP contribution in [0, 0.1) is 19.8 Å². The zero-order chi connectivity index (χ0) is 18.7. The molecule has 1 atom stereocenters. The monoisotopic (exact) mass is 353 g/mol. The van der Waals surface area contributed by atoms with Gasteiger partial charge < -0.3 is 15.5 Å². The van der Waals surface area contributed by atoms with Crippen molar-refractivity contribution in [3.8, 4) is 0 Å². The number of aromatic nitrogens is 2. The maximum atomic E-state index is 12.7. The molecule has 1 unspecified atom stereocenters. The van der Waals surface area contributed by atoms with Crippen molar-refractivity contribution in [3.63, 3.8) is 0 Å². The summed E-state index contributed by atoms with van der Waals surface area (Å²) in [5.41, 5.74) is 9.38. The molecule has 1 aromatic carbocycles. The van der Waals surface area contributed by atoms with Crippen LogP contribution >= 0.6 is 0 Å². The third-order valence-corrected chi connectivity index (χ3v) is 5.13. The van der Waals surface area contributed by atoms with E-state index in [2.05, 4.69) is 39.1 Å². The van der Waals surface area contributed by atoms with Crippen LogP contribution in [0.3, 0.4) is 0 Å². The van der Waals surface area contributed by atoms with E-state index in [0.29, 0.717) is 12.3 Å². The Morgan fingerprint density at radius 1 is 1.23 bits per heavy atom. The van der Waals surface area contributed by atoms with Crippen molar-refractivity contribution < 1.29 is 4.79 Å². The largest absolute Gasteiger partial charge is 0.371 e. The minimum Gasteiger partial charge on any atom is -0.371 e. The molecule has 1 fully saturated rings. The normalized spacial score (nSPS) is 16.7. The molecule has 138 valence electrons. The number of para-hydroxylation sites is 1. The molecule has 26 heavy (non-hydrogen) atoms. The van der Waals surface area contributed by atoms with Crippen LogP contribution in [-0.4, -0.2) is 47.5 Å². The third-order valence-electron chi connectivity index (χ3n) is 5.13. The fourth-order valence-electron chi connectivity index (χ4n) is 3.65. The number of carbonyl (C=O) groups excluding carboxylic acids is 1. The summed E-state index contributed by atoms with van der Waals surface area (Å²) in [5.74, 6) is 0.855. The van der Waals surface area contributed by atoms with E-state index < -0.39 is 0 Å². The average Bonchev–Trinajstić information content (AvgIpc) is 3.07. The molecule has 6 nitrogen and oxygen atoms in total. The number of benzene rings is 1. The van der Waals surface area contributed by atoms with Gasteiger partial charge in [-0.25, -0.2) is 9.97 Å². The second-order valence-corrected chi connectivity index (χ2v) is 7.12. The first-order valence-electron chi connectivity index (χ1n) is 9.07. The number of likely N-dealkylation sites (N-methyl/N-ethyl adjacent to an activating group) is 1. The molecular weight excluding hydrogens is 326 g/mol. The predicted octanol–water partition coefficient (Wildman–Crippen LogP) is 2.20. The Kier molecular flexibility index (Phi) is 5.40. The number of amides is 1. The maximum Gasteiger partial charge on any atom is 0.226 e. The van der Waals surface area contributed by atoms with Crippen molar-refractivity contribution in [2.75, 3.05) is 37.3 Å². The summed E-state index contributed by atoms with van der Waals surface area (Å²) in [6.07, 6.45) is 1.43. The number of nitrogens with two attached hydrogens (primary N) is 1. The number of rotatable bonds is 5. The molecule has 2 heterocycles. The standard InChI is InChI=1S/C20H27N5O/c1-14-18(15(2)23-20(21)22-14)11-19(26)24(3)12-16-9-10-25(13-16)17-7-5-4-6-8-17/h4-8,16H,9-13H2,1-3H3,(H2,21,22,23). The minimum absolute atomic E-state index is 0.0998. The summed E-state index contributed by atoms with van der Waals surface area (Å²) in [6.45, 7) is 6.56. The molecule has 0 spiro atoms. The van der Waals surface area contributed by atoms with Gasteiger partial charge in [0.2, 0.25) is 11.9 Å². The first kappa shape index (κ1) is 18.2. The number of hydrogen-bond donors (Lipinski definition) is 1. The number of nitrogens with zero attached hydrogens (tertiary/aromatic N) is 4. The summed E-state index contributed by atoms with van der Waals surface area (Å²) < 4.78 is 0.